The Morgan fingerprint density at radius 1 is 0.810 bits per heavy atom. The molecule has 0 aliphatic rings. The number of aromatic nitrogens is 1. The van der Waals surface area contributed by atoms with Crippen LogP contribution in [0.5, 0.6) is 28.7 Å². The van der Waals surface area contributed by atoms with Crippen LogP contribution in [-0.4, -0.2) is 39.2 Å². The summed E-state index contributed by atoms with van der Waals surface area (Å²) in [4.78, 5) is 18.7. The highest BCUT2D eigenvalue weighted by atomic mass is 35.5. The number of ether oxygens (including phenoxy) is 5. The predicted molar refractivity (Wildman–Crippen MR) is 161 cm³/mol. The molecule has 0 unspecified atom stereocenters. The molecule has 5 aromatic rings. The van der Waals surface area contributed by atoms with Crippen molar-refractivity contribution in [2.45, 2.75) is 6.61 Å². The zero-order valence-corrected chi connectivity index (χ0v) is 24.2. The Morgan fingerprint density at radius 2 is 1.50 bits per heavy atom. The molecule has 0 N–H and O–H groups in total. The van der Waals surface area contributed by atoms with Crippen LogP contribution in [0, 0.1) is 0 Å². The molecule has 0 aliphatic heterocycles. The summed E-state index contributed by atoms with van der Waals surface area (Å²) in [6.45, 7) is 0.330. The third-order valence-corrected chi connectivity index (χ3v) is 6.75. The maximum absolute atomic E-state index is 14.1. The normalized spacial score (nSPS) is 11.3. The molecule has 0 fully saturated rings. The summed E-state index contributed by atoms with van der Waals surface area (Å²) in [6, 6.07) is 23.3. The van der Waals surface area contributed by atoms with E-state index in [0.717, 1.165) is 5.56 Å². The third kappa shape index (κ3) is 6.04. The minimum atomic E-state index is -0.358. The van der Waals surface area contributed by atoms with Crippen molar-refractivity contribution in [2.75, 3.05) is 28.4 Å². The van der Waals surface area contributed by atoms with Gasteiger partial charge in [0.2, 0.25) is 11.6 Å². The first-order valence-electron chi connectivity index (χ1n) is 12.9. The van der Waals surface area contributed by atoms with Crippen molar-refractivity contribution in [1.82, 2.24) is 4.98 Å². The van der Waals surface area contributed by atoms with Crippen LogP contribution in [0.15, 0.2) is 83.3 Å². The Kier molecular flexibility index (Phi) is 8.64. The number of hydrogen-bond donors (Lipinski definition) is 0. The van der Waals surface area contributed by atoms with Gasteiger partial charge < -0.3 is 28.1 Å². The molecule has 1 heterocycles. The lowest BCUT2D eigenvalue weighted by atomic mass is 9.99. The van der Waals surface area contributed by atoms with E-state index in [9.17, 15) is 4.79 Å². The number of hydrogen-bond acceptors (Lipinski definition) is 8. The van der Waals surface area contributed by atoms with Crippen LogP contribution in [0.3, 0.4) is 0 Å². The number of nitrogens with zero attached hydrogens (tertiary/aromatic N) is 1. The van der Waals surface area contributed by atoms with Crippen molar-refractivity contribution < 1.29 is 32.9 Å². The van der Waals surface area contributed by atoms with Crippen LogP contribution >= 0.6 is 11.6 Å². The molecule has 214 valence electrons. The molecule has 4 aromatic carbocycles. The van der Waals surface area contributed by atoms with Crippen molar-refractivity contribution in [3.8, 4) is 28.7 Å². The zero-order chi connectivity index (χ0) is 29.6. The lowest BCUT2D eigenvalue weighted by Crippen LogP contribution is -2.06. The van der Waals surface area contributed by atoms with Gasteiger partial charge in [0.05, 0.1) is 34.0 Å². The first kappa shape index (κ1) is 28.6. The Hall–Kier alpha value is -4.95. The standard InChI is InChI=1S/C33H28ClNO7/c1-37-28-16-21(11-14-27(28)41-19-20-9-12-23(34)13-10-20)15-24(33-35-25-7-5-6-8-26(25)42-33)31(36)22-17-29(38-2)32(40-4)30(18-22)39-3/h5-18H,19H2,1-4H3. The Labute approximate surface area is 248 Å². The number of methoxy groups -OCH3 is 4. The molecule has 0 aliphatic carbocycles. The van der Waals surface area contributed by atoms with Gasteiger partial charge in [-0.15, -0.1) is 0 Å². The van der Waals surface area contributed by atoms with Crippen LogP contribution in [0.4, 0.5) is 0 Å². The molecule has 0 saturated carbocycles. The van der Waals surface area contributed by atoms with E-state index >= 15 is 0 Å². The van der Waals surface area contributed by atoms with E-state index in [-0.39, 0.29) is 17.2 Å². The highest BCUT2D eigenvalue weighted by Gasteiger charge is 2.24. The lowest BCUT2D eigenvalue weighted by molar-refractivity contribution is 0.105. The third-order valence-electron chi connectivity index (χ3n) is 6.50. The van der Waals surface area contributed by atoms with E-state index in [1.165, 1.54) is 21.3 Å². The molecule has 0 bridgehead atoms. The molecule has 8 nitrogen and oxygen atoms in total. The number of oxazole rings is 1. The van der Waals surface area contributed by atoms with E-state index < -0.39 is 0 Å². The Bertz CT molecular complexity index is 1700. The van der Waals surface area contributed by atoms with Gasteiger partial charge in [0.1, 0.15) is 12.1 Å². The Morgan fingerprint density at radius 3 is 2.14 bits per heavy atom. The molecule has 0 amide bonds. The van der Waals surface area contributed by atoms with Gasteiger partial charge in [-0.1, -0.05) is 41.9 Å². The van der Waals surface area contributed by atoms with Crippen molar-refractivity contribution in [3.63, 3.8) is 0 Å². The molecule has 42 heavy (non-hydrogen) atoms. The first-order chi connectivity index (χ1) is 20.4. The maximum atomic E-state index is 14.1. The number of carbonyl (C=O) groups is 1. The van der Waals surface area contributed by atoms with Crippen molar-refractivity contribution >= 4 is 40.1 Å². The number of carbonyl (C=O) groups excluding carboxylic acids is 1. The average Bonchev–Trinajstić information content (AvgIpc) is 3.46. The van der Waals surface area contributed by atoms with Crippen LogP contribution in [-0.2, 0) is 6.61 Å². The van der Waals surface area contributed by atoms with E-state index in [4.69, 9.17) is 39.7 Å². The summed E-state index contributed by atoms with van der Waals surface area (Å²) in [6.07, 6.45) is 1.70. The number of allylic oxidation sites excluding steroid dienone is 1. The second kappa shape index (κ2) is 12.7. The SMILES string of the molecule is COc1cc(C=C(C(=O)c2cc(OC)c(OC)c(OC)c2)c2nc3ccccc3o2)ccc1OCc1ccc(Cl)cc1. The fourth-order valence-corrected chi connectivity index (χ4v) is 4.51. The molecule has 0 saturated heterocycles. The highest BCUT2D eigenvalue weighted by Crippen LogP contribution is 2.40. The molecule has 0 radical (unpaired) electrons. The van der Waals surface area contributed by atoms with Gasteiger partial charge >= 0.3 is 0 Å². The van der Waals surface area contributed by atoms with Crippen LogP contribution in [0.1, 0.15) is 27.4 Å². The summed E-state index contributed by atoms with van der Waals surface area (Å²) < 4.78 is 34.0. The summed E-state index contributed by atoms with van der Waals surface area (Å²) in [5.41, 5.74) is 3.33. The van der Waals surface area contributed by atoms with Gasteiger partial charge in [-0.3, -0.25) is 4.79 Å². The van der Waals surface area contributed by atoms with Crippen molar-refractivity contribution in [3.05, 3.63) is 106 Å². The number of fused-ring (bicyclic) bond motifs is 1. The van der Waals surface area contributed by atoms with Crippen molar-refractivity contribution in [2.24, 2.45) is 0 Å². The molecular weight excluding hydrogens is 558 g/mol. The second-order valence-electron chi connectivity index (χ2n) is 9.11. The topological polar surface area (TPSA) is 89.3 Å². The summed E-state index contributed by atoms with van der Waals surface area (Å²) in [5.74, 6) is 1.92. The van der Waals surface area contributed by atoms with Crippen LogP contribution < -0.4 is 23.7 Å². The molecule has 0 atom stereocenters. The molecular formula is C33H28ClNO7. The minimum absolute atomic E-state index is 0.164. The maximum Gasteiger partial charge on any atom is 0.231 e. The Balaban J connectivity index is 1.55. The summed E-state index contributed by atoms with van der Waals surface area (Å²) in [5, 5.41) is 0.656. The van der Waals surface area contributed by atoms with Gasteiger partial charge in [-0.05, 0) is 65.7 Å². The van der Waals surface area contributed by atoms with Gasteiger partial charge in [-0.25, -0.2) is 4.98 Å². The van der Waals surface area contributed by atoms with Crippen LogP contribution in [0.25, 0.3) is 22.7 Å². The van der Waals surface area contributed by atoms with E-state index in [0.29, 0.717) is 62.6 Å². The number of Topliss-reactive ketones (excluding diaryl/α,β-unsaturated/α-hetero) is 1. The largest absolute Gasteiger partial charge is 0.493 e. The number of halogens is 1. The minimum Gasteiger partial charge on any atom is -0.493 e. The lowest BCUT2D eigenvalue weighted by Gasteiger charge is -2.14. The number of benzene rings is 4. The van der Waals surface area contributed by atoms with E-state index in [1.807, 2.05) is 48.5 Å². The molecule has 1 aromatic heterocycles. The van der Waals surface area contributed by atoms with Crippen molar-refractivity contribution in [1.29, 1.82) is 0 Å². The van der Waals surface area contributed by atoms with Gasteiger partial charge in [0.25, 0.3) is 0 Å². The van der Waals surface area contributed by atoms with Gasteiger partial charge in [0.15, 0.2) is 34.4 Å². The number of ketones is 1. The van der Waals surface area contributed by atoms with Gasteiger partial charge in [0, 0.05) is 10.6 Å². The zero-order valence-electron chi connectivity index (χ0n) is 23.5. The molecule has 0 spiro atoms. The van der Waals surface area contributed by atoms with Gasteiger partial charge in [-0.2, -0.15) is 0 Å². The van der Waals surface area contributed by atoms with E-state index in [1.54, 1.807) is 43.5 Å². The number of para-hydroxylation sites is 2. The first-order valence-corrected chi connectivity index (χ1v) is 13.3. The smallest absolute Gasteiger partial charge is 0.231 e. The average molecular weight is 586 g/mol. The quantitative estimate of drug-likeness (QED) is 0.116. The highest BCUT2D eigenvalue weighted by molar-refractivity contribution is 6.32. The van der Waals surface area contributed by atoms with Crippen LogP contribution in [0.2, 0.25) is 5.02 Å². The molecule has 5 rings (SSSR count). The summed E-state index contributed by atoms with van der Waals surface area (Å²) in [7, 11) is 6.04. The second-order valence-corrected chi connectivity index (χ2v) is 9.55. The fraction of sp³-hybridized carbons (Fsp3) is 0.152. The fourth-order valence-electron chi connectivity index (χ4n) is 4.38. The number of rotatable bonds is 11. The predicted octanol–water partition coefficient (Wildman–Crippen LogP) is 7.52. The summed E-state index contributed by atoms with van der Waals surface area (Å²) >= 11 is 5.99. The monoisotopic (exact) mass is 585 g/mol. The van der Waals surface area contributed by atoms with E-state index in [2.05, 4.69) is 4.98 Å². The molecule has 9 heteroatoms.